The van der Waals surface area contributed by atoms with E-state index >= 15 is 0 Å². The third kappa shape index (κ3) is 26.6. The summed E-state index contributed by atoms with van der Waals surface area (Å²) in [5, 5.41) is 0. The zero-order valence-corrected chi connectivity index (χ0v) is 21.1. The van der Waals surface area contributed by atoms with Crippen LogP contribution in [0, 0.1) is 0 Å². The molecule has 0 unspecified atom stereocenters. The van der Waals surface area contributed by atoms with Gasteiger partial charge in [0.25, 0.3) is 0 Å². The standard InChI is InChI=1S/C21H43NO3S.Na/c1-3-4-5-6-7-8-9-10-11-12-13-14-15-16-17-18-19-22(2)20-21-26(23,24)25;/h10-11H,3-9,12-21H2,1-2H3,(H,23,24,25);/q;+1/p-1/b11-10-;. The van der Waals surface area contributed by atoms with E-state index in [1.807, 2.05) is 11.9 Å². The Morgan fingerprint density at radius 1 is 0.741 bits per heavy atom. The molecule has 0 aromatic heterocycles. The summed E-state index contributed by atoms with van der Waals surface area (Å²) in [5.41, 5.74) is 0. The van der Waals surface area contributed by atoms with Crippen LogP contribution in [0.2, 0.25) is 0 Å². The summed E-state index contributed by atoms with van der Waals surface area (Å²) in [4.78, 5) is 1.93. The van der Waals surface area contributed by atoms with E-state index < -0.39 is 10.1 Å². The molecule has 0 spiro atoms. The molecule has 6 heteroatoms. The molecule has 4 nitrogen and oxygen atoms in total. The first-order valence-corrected chi connectivity index (χ1v) is 12.3. The second-order valence-corrected chi connectivity index (χ2v) is 9.03. The smallest absolute Gasteiger partial charge is 0.748 e. The van der Waals surface area contributed by atoms with Crippen molar-refractivity contribution in [3.05, 3.63) is 12.2 Å². The molecule has 0 heterocycles. The zero-order valence-electron chi connectivity index (χ0n) is 18.3. The molecule has 0 bridgehead atoms. The van der Waals surface area contributed by atoms with Crippen LogP contribution < -0.4 is 29.6 Å². The van der Waals surface area contributed by atoms with E-state index in [1.165, 1.54) is 83.5 Å². The van der Waals surface area contributed by atoms with E-state index in [9.17, 15) is 13.0 Å². The Morgan fingerprint density at radius 3 is 1.67 bits per heavy atom. The van der Waals surface area contributed by atoms with Gasteiger partial charge in [0.2, 0.25) is 0 Å². The molecule has 0 N–H and O–H groups in total. The number of rotatable bonds is 19. The van der Waals surface area contributed by atoms with Crippen molar-refractivity contribution in [2.24, 2.45) is 0 Å². The first-order chi connectivity index (χ1) is 12.5. The molecule has 27 heavy (non-hydrogen) atoms. The molecule has 0 aliphatic rings. The fourth-order valence-electron chi connectivity index (χ4n) is 3.01. The van der Waals surface area contributed by atoms with E-state index in [0.29, 0.717) is 6.54 Å². The summed E-state index contributed by atoms with van der Waals surface area (Å²) in [5.74, 6) is -0.282. The maximum absolute atomic E-state index is 10.6. The minimum Gasteiger partial charge on any atom is -0.748 e. The first-order valence-electron chi connectivity index (χ1n) is 10.7. The summed E-state index contributed by atoms with van der Waals surface area (Å²) in [6.45, 7) is 3.48. The molecule has 0 fully saturated rings. The summed E-state index contributed by atoms with van der Waals surface area (Å²) in [6.07, 6.45) is 22.8. The average molecular weight is 412 g/mol. The molecule has 0 rings (SSSR count). The van der Waals surface area contributed by atoms with E-state index in [2.05, 4.69) is 19.1 Å². The SMILES string of the molecule is CCCCCCCC/C=C\CCCCCCCCN(C)CCS(=O)(=O)[O-].[Na+]. The maximum atomic E-state index is 10.6. The summed E-state index contributed by atoms with van der Waals surface area (Å²) >= 11 is 0. The Labute approximate surface area is 191 Å². The van der Waals surface area contributed by atoms with Gasteiger partial charge in [-0.3, -0.25) is 0 Å². The fourth-order valence-corrected chi connectivity index (χ4v) is 3.54. The minimum absolute atomic E-state index is 0. The van der Waals surface area contributed by atoms with Gasteiger partial charge in [-0.15, -0.1) is 0 Å². The van der Waals surface area contributed by atoms with Crippen molar-refractivity contribution >= 4 is 10.1 Å². The van der Waals surface area contributed by atoms with Crippen LogP contribution in [0.25, 0.3) is 0 Å². The molecule has 0 aromatic carbocycles. The van der Waals surface area contributed by atoms with Gasteiger partial charge in [0.1, 0.15) is 0 Å². The molecule has 0 saturated carbocycles. The van der Waals surface area contributed by atoms with Gasteiger partial charge in [-0.1, -0.05) is 76.9 Å². The van der Waals surface area contributed by atoms with Crippen molar-refractivity contribution in [2.75, 3.05) is 25.9 Å². The third-order valence-electron chi connectivity index (χ3n) is 4.77. The van der Waals surface area contributed by atoms with E-state index in [0.717, 1.165) is 13.0 Å². The first kappa shape index (κ1) is 29.8. The predicted octanol–water partition coefficient (Wildman–Crippen LogP) is 2.50. The monoisotopic (exact) mass is 411 g/mol. The van der Waals surface area contributed by atoms with Gasteiger partial charge in [-0.2, -0.15) is 0 Å². The molecule has 0 amide bonds. The van der Waals surface area contributed by atoms with Crippen LogP contribution in [0.5, 0.6) is 0 Å². The Balaban J connectivity index is 0. The van der Waals surface area contributed by atoms with E-state index in [1.54, 1.807) is 0 Å². The van der Waals surface area contributed by atoms with Crippen molar-refractivity contribution in [3.8, 4) is 0 Å². The van der Waals surface area contributed by atoms with Crippen molar-refractivity contribution in [3.63, 3.8) is 0 Å². The fraction of sp³-hybridized carbons (Fsp3) is 0.905. The van der Waals surface area contributed by atoms with Crippen LogP contribution in [-0.4, -0.2) is 43.8 Å². The zero-order chi connectivity index (χ0) is 19.5. The van der Waals surface area contributed by atoms with Gasteiger partial charge in [0.15, 0.2) is 0 Å². The van der Waals surface area contributed by atoms with Crippen LogP contribution >= 0.6 is 0 Å². The van der Waals surface area contributed by atoms with Crippen LogP contribution in [0.15, 0.2) is 12.2 Å². The van der Waals surface area contributed by atoms with Crippen LogP contribution in [0.1, 0.15) is 96.8 Å². The molecular formula is C21H42NNaO3S. The largest absolute Gasteiger partial charge is 1.00 e. The molecular weight excluding hydrogens is 369 g/mol. The Bertz CT molecular complexity index is 427. The summed E-state index contributed by atoms with van der Waals surface area (Å²) in [6, 6.07) is 0. The Hall–Kier alpha value is 0.610. The minimum atomic E-state index is -4.08. The molecule has 0 saturated heterocycles. The number of nitrogens with zero attached hydrogens (tertiary/aromatic N) is 1. The van der Waals surface area contributed by atoms with Crippen molar-refractivity contribution in [2.45, 2.75) is 96.8 Å². The van der Waals surface area contributed by atoms with Crippen molar-refractivity contribution < 1.29 is 42.5 Å². The third-order valence-corrected chi connectivity index (χ3v) is 5.46. The van der Waals surface area contributed by atoms with Gasteiger partial charge < -0.3 is 9.45 Å². The topological polar surface area (TPSA) is 60.4 Å². The quantitative estimate of drug-likeness (QED) is 0.142. The van der Waals surface area contributed by atoms with E-state index in [-0.39, 0.29) is 35.3 Å². The van der Waals surface area contributed by atoms with E-state index in [4.69, 9.17) is 0 Å². The maximum Gasteiger partial charge on any atom is 1.00 e. The van der Waals surface area contributed by atoms with Gasteiger partial charge in [-0.05, 0) is 45.7 Å². The van der Waals surface area contributed by atoms with Gasteiger partial charge in [-0.25, -0.2) is 8.42 Å². The molecule has 0 radical (unpaired) electrons. The molecule has 156 valence electrons. The number of hydrogen-bond acceptors (Lipinski definition) is 4. The predicted molar refractivity (Wildman–Crippen MR) is 112 cm³/mol. The van der Waals surface area contributed by atoms with Crippen molar-refractivity contribution in [1.82, 2.24) is 4.90 Å². The van der Waals surface area contributed by atoms with Crippen LogP contribution in [0.3, 0.4) is 0 Å². The van der Waals surface area contributed by atoms with Crippen LogP contribution in [-0.2, 0) is 10.1 Å². The molecule has 0 aromatic rings. The molecule has 0 aliphatic heterocycles. The summed E-state index contributed by atoms with van der Waals surface area (Å²) < 4.78 is 31.7. The van der Waals surface area contributed by atoms with Crippen LogP contribution in [0.4, 0.5) is 0 Å². The summed E-state index contributed by atoms with van der Waals surface area (Å²) in [7, 11) is -2.20. The normalized spacial score (nSPS) is 12.0. The Kier molecular flexibility index (Phi) is 23.5. The number of unbranched alkanes of at least 4 members (excludes halogenated alkanes) is 12. The number of hydrogen-bond donors (Lipinski definition) is 0. The van der Waals surface area contributed by atoms with Gasteiger partial charge in [0.05, 0.1) is 15.9 Å². The second kappa shape index (κ2) is 21.3. The second-order valence-electron chi connectivity index (χ2n) is 7.50. The van der Waals surface area contributed by atoms with Gasteiger partial charge >= 0.3 is 29.6 Å². The molecule has 0 atom stereocenters. The average Bonchev–Trinajstić information content (AvgIpc) is 2.59. The Morgan fingerprint density at radius 2 is 1.19 bits per heavy atom. The van der Waals surface area contributed by atoms with Crippen molar-refractivity contribution in [1.29, 1.82) is 0 Å². The number of allylic oxidation sites excluding steroid dienone is 2. The molecule has 0 aliphatic carbocycles. The van der Waals surface area contributed by atoms with Gasteiger partial charge in [0, 0.05) is 6.54 Å².